The maximum atomic E-state index is 12.1. The fourth-order valence-electron chi connectivity index (χ4n) is 1.55. The molecule has 5 N–H and O–H groups in total. The predicted octanol–water partition coefficient (Wildman–Crippen LogP) is 1.01. The summed E-state index contributed by atoms with van der Waals surface area (Å²) in [4.78, 5) is 17.2. The molecule has 2 rings (SSSR count). The SMILES string of the molecule is Cc1ncc(S(=O)(=O)Nc2cccc(NC(N)=O)c2)[nH]1. The molecule has 0 fully saturated rings. The summed E-state index contributed by atoms with van der Waals surface area (Å²) in [7, 11) is -3.75. The molecule has 1 aromatic heterocycles. The Kier molecular flexibility index (Phi) is 3.61. The highest BCUT2D eigenvalue weighted by Crippen LogP contribution is 2.18. The molecule has 8 nitrogen and oxygen atoms in total. The summed E-state index contributed by atoms with van der Waals surface area (Å²) in [6, 6.07) is 5.44. The molecule has 0 bridgehead atoms. The first-order valence-electron chi connectivity index (χ1n) is 5.58. The van der Waals surface area contributed by atoms with Crippen molar-refractivity contribution in [2.75, 3.05) is 10.0 Å². The van der Waals surface area contributed by atoms with Crippen molar-refractivity contribution in [2.45, 2.75) is 11.9 Å². The average Bonchev–Trinajstić information content (AvgIpc) is 2.75. The molecule has 0 atom stereocenters. The van der Waals surface area contributed by atoms with Crippen LogP contribution in [0.5, 0.6) is 0 Å². The molecule has 0 saturated heterocycles. The van der Waals surface area contributed by atoms with Crippen LogP contribution < -0.4 is 15.8 Å². The summed E-state index contributed by atoms with van der Waals surface area (Å²) in [6.45, 7) is 1.65. The number of carbonyl (C=O) groups excluding carboxylic acids is 1. The van der Waals surface area contributed by atoms with E-state index in [1.165, 1.54) is 12.3 Å². The lowest BCUT2D eigenvalue weighted by Gasteiger charge is -2.08. The topological polar surface area (TPSA) is 130 Å². The van der Waals surface area contributed by atoms with Crippen LogP contribution >= 0.6 is 0 Å². The standard InChI is InChI=1S/C11H13N5O3S/c1-7-13-6-10(14-7)20(18,19)16-9-4-2-3-8(5-9)15-11(12)17/h2-6,16H,1H3,(H,13,14)(H3,12,15,17). The summed E-state index contributed by atoms with van der Waals surface area (Å²) in [5, 5.41) is 2.32. The molecule has 2 amide bonds. The van der Waals surface area contributed by atoms with Gasteiger partial charge in [0.1, 0.15) is 5.82 Å². The molecule has 0 aliphatic rings. The minimum atomic E-state index is -3.75. The molecule has 2 aromatic rings. The second kappa shape index (κ2) is 5.21. The van der Waals surface area contributed by atoms with Gasteiger partial charge in [-0.05, 0) is 25.1 Å². The van der Waals surface area contributed by atoms with E-state index in [0.29, 0.717) is 17.2 Å². The second-order valence-electron chi connectivity index (χ2n) is 4.01. The van der Waals surface area contributed by atoms with Crippen LogP contribution in [0.15, 0.2) is 35.5 Å². The number of nitrogens with zero attached hydrogens (tertiary/aromatic N) is 1. The number of urea groups is 1. The van der Waals surface area contributed by atoms with Crippen molar-refractivity contribution in [1.82, 2.24) is 9.97 Å². The fourth-order valence-corrected chi connectivity index (χ4v) is 2.57. The highest BCUT2D eigenvalue weighted by Gasteiger charge is 2.16. The Morgan fingerprint density at radius 1 is 1.35 bits per heavy atom. The van der Waals surface area contributed by atoms with Crippen molar-refractivity contribution in [2.24, 2.45) is 5.73 Å². The number of amides is 2. The molecule has 1 aromatic carbocycles. The number of primary amides is 1. The minimum absolute atomic E-state index is 0.0386. The Morgan fingerprint density at radius 3 is 2.65 bits per heavy atom. The average molecular weight is 295 g/mol. The second-order valence-corrected chi connectivity index (χ2v) is 5.66. The molecule has 0 radical (unpaired) electrons. The number of aromatic nitrogens is 2. The van der Waals surface area contributed by atoms with E-state index < -0.39 is 16.1 Å². The molecule has 0 aliphatic heterocycles. The Labute approximate surface area is 115 Å². The largest absolute Gasteiger partial charge is 0.351 e. The van der Waals surface area contributed by atoms with E-state index in [4.69, 9.17) is 5.73 Å². The Balaban J connectivity index is 2.23. The summed E-state index contributed by atoms with van der Waals surface area (Å²) >= 11 is 0. The maximum Gasteiger partial charge on any atom is 0.316 e. The van der Waals surface area contributed by atoms with Gasteiger partial charge in [0.15, 0.2) is 5.03 Å². The molecule has 0 spiro atoms. The van der Waals surface area contributed by atoms with E-state index in [1.54, 1.807) is 25.1 Å². The highest BCUT2D eigenvalue weighted by molar-refractivity contribution is 7.92. The first kappa shape index (κ1) is 13.9. The number of rotatable bonds is 4. The van der Waals surface area contributed by atoms with Gasteiger partial charge in [-0.25, -0.2) is 9.78 Å². The van der Waals surface area contributed by atoms with E-state index in [0.717, 1.165) is 0 Å². The number of H-pyrrole nitrogens is 1. The van der Waals surface area contributed by atoms with Crippen LogP contribution in [-0.4, -0.2) is 24.4 Å². The number of anilines is 2. The summed E-state index contributed by atoms with van der Waals surface area (Å²) in [5.41, 5.74) is 5.68. The number of nitrogens with two attached hydrogens (primary N) is 1. The van der Waals surface area contributed by atoms with Crippen molar-refractivity contribution >= 4 is 27.4 Å². The van der Waals surface area contributed by atoms with E-state index in [9.17, 15) is 13.2 Å². The molecule has 0 aliphatic carbocycles. The monoisotopic (exact) mass is 295 g/mol. The molecule has 106 valence electrons. The third kappa shape index (κ3) is 3.26. The number of aryl methyl sites for hydroxylation is 1. The molecule has 0 saturated carbocycles. The molecule has 1 heterocycles. The summed E-state index contributed by atoms with van der Waals surface area (Å²) < 4.78 is 26.5. The van der Waals surface area contributed by atoms with Crippen molar-refractivity contribution in [3.05, 3.63) is 36.3 Å². The van der Waals surface area contributed by atoms with Crippen LogP contribution in [0.4, 0.5) is 16.2 Å². The molecular weight excluding hydrogens is 282 g/mol. The van der Waals surface area contributed by atoms with Crippen LogP contribution in [0.2, 0.25) is 0 Å². The number of benzene rings is 1. The van der Waals surface area contributed by atoms with E-state index in [1.807, 2.05) is 0 Å². The lowest BCUT2D eigenvalue weighted by molar-refractivity contribution is 0.259. The van der Waals surface area contributed by atoms with Crippen LogP contribution in [0, 0.1) is 6.92 Å². The Bertz CT molecular complexity index is 738. The van der Waals surface area contributed by atoms with Gasteiger partial charge in [0.2, 0.25) is 0 Å². The van der Waals surface area contributed by atoms with Gasteiger partial charge in [-0.3, -0.25) is 4.72 Å². The number of carbonyl (C=O) groups is 1. The third-order valence-electron chi connectivity index (χ3n) is 2.35. The first-order valence-corrected chi connectivity index (χ1v) is 7.06. The zero-order valence-electron chi connectivity index (χ0n) is 10.5. The van der Waals surface area contributed by atoms with Gasteiger partial charge in [-0.2, -0.15) is 8.42 Å². The number of aromatic amines is 1. The highest BCUT2D eigenvalue weighted by atomic mass is 32.2. The van der Waals surface area contributed by atoms with E-state index in [2.05, 4.69) is 20.0 Å². The maximum absolute atomic E-state index is 12.1. The van der Waals surface area contributed by atoms with Crippen LogP contribution in [0.3, 0.4) is 0 Å². The zero-order valence-corrected chi connectivity index (χ0v) is 11.4. The summed E-state index contributed by atoms with van der Waals surface area (Å²) in [5.74, 6) is 0.495. The lowest BCUT2D eigenvalue weighted by atomic mass is 10.3. The van der Waals surface area contributed by atoms with Gasteiger partial charge in [0.25, 0.3) is 10.0 Å². The quantitative estimate of drug-likeness (QED) is 0.670. The number of imidazole rings is 1. The first-order chi connectivity index (χ1) is 9.37. The van der Waals surface area contributed by atoms with Gasteiger partial charge < -0.3 is 16.0 Å². The van der Waals surface area contributed by atoms with E-state index >= 15 is 0 Å². The number of hydrogen-bond donors (Lipinski definition) is 4. The van der Waals surface area contributed by atoms with E-state index in [-0.39, 0.29) is 5.03 Å². The third-order valence-corrected chi connectivity index (χ3v) is 3.64. The van der Waals surface area contributed by atoms with Crippen LogP contribution in [-0.2, 0) is 10.0 Å². The van der Waals surface area contributed by atoms with Crippen molar-refractivity contribution in [1.29, 1.82) is 0 Å². The summed E-state index contributed by atoms with van der Waals surface area (Å²) in [6.07, 6.45) is 1.23. The van der Waals surface area contributed by atoms with Crippen LogP contribution in [0.25, 0.3) is 0 Å². The number of hydrogen-bond acceptors (Lipinski definition) is 4. The minimum Gasteiger partial charge on any atom is -0.351 e. The van der Waals surface area contributed by atoms with Gasteiger partial charge in [0.05, 0.1) is 11.9 Å². The predicted molar refractivity (Wildman–Crippen MR) is 73.8 cm³/mol. The lowest BCUT2D eigenvalue weighted by Crippen LogP contribution is -2.19. The van der Waals surface area contributed by atoms with Crippen molar-refractivity contribution in [3.8, 4) is 0 Å². The zero-order chi connectivity index (χ0) is 14.8. The Morgan fingerprint density at radius 2 is 2.05 bits per heavy atom. The van der Waals surface area contributed by atoms with Crippen molar-refractivity contribution in [3.63, 3.8) is 0 Å². The van der Waals surface area contributed by atoms with Gasteiger partial charge >= 0.3 is 6.03 Å². The normalized spacial score (nSPS) is 11.1. The molecule has 9 heteroatoms. The smallest absolute Gasteiger partial charge is 0.316 e. The number of sulfonamides is 1. The Hall–Kier alpha value is -2.55. The number of nitrogens with one attached hydrogen (secondary N) is 3. The molecule has 20 heavy (non-hydrogen) atoms. The van der Waals surface area contributed by atoms with Crippen molar-refractivity contribution < 1.29 is 13.2 Å². The molecule has 0 unspecified atom stereocenters. The van der Waals surface area contributed by atoms with Gasteiger partial charge in [-0.15, -0.1) is 0 Å². The van der Waals surface area contributed by atoms with Gasteiger partial charge in [0, 0.05) is 5.69 Å². The fraction of sp³-hybridized carbons (Fsp3) is 0.0909. The van der Waals surface area contributed by atoms with Crippen LogP contribution in [0.1, 0.15) is 5.82 Å². The van der Waals surface area contributed by atoms with Gasteiger partial charge in [-0.1, -0.05) is 6.07 Å². The molecular formula is C11H13N5O3S.